The fourth-order valence-corrected chi connectivity index (χ4v) is 0. The molecule has 0 saturated carbocycles. The SMILES string of the molecule is F[S+](F)F. The van der Waals surface area contributed by atoms with E-state index < -0.39 is 12.1 Å². The minimum atomic E-state index is -3.86. The standard InChI is InChI=1S/F3S/c1-4(2)3/q+1. The normalized spacial score (nSPS) is 9.00. The van der Waals surface area contributed by atoms with Crippen LogP contribution in [0.3, 0.4) is 0 Å². The molecule has 0 aliphatic heterocycles. The van der Waals surface area contributed by atoms with E-state index in [4.69, 9.17) is 0 Å². The molecule has 0 unspecified atom stereocenters. The zero-order chi connectivity index (χ0) is 3.58. The van der Waals surface area contributed by atoms with E-state index >= 15 is 0 Å². The molecule has 4 heteroatoms. The average Bonchev–Trinajstić information content (AvgIpc) is 0.811. The summed E-state index contributed by atoms with van der Waals surface area (Å²) in [6, 6.07) is 0. The van der Waals surface area contributed by atoms with Gasteiger partial charge in [-0.05, 0) is 0 Å². The molecule has 0 rings (SSSR count). The maximum atomic E-state index is 9.69. The van der Waals surface area contributed by atoms with Gasteiger partial charge in [0.15, 0.2) is 0 Å². The predicted octanol–water partition coefficient (Wildman–Crippen LogP) is 1.26. The van der Waals surface area contributed by atoms with E-state index in [-0.39, 0.29) is 0 Å². The van der Waals surface area contributed by atoms with Crippen molar-refractivity contribution in [1.29, 1.82) is 0 Å². The Morgan fingerprint density at radius 1 is 1.00 bits per heavy atom. The molecule has 0 aromatic rings. The highest BCUT2D eigenvalue weighted by molar-refractivity contribution is 7.81. The van der Waals surface area contributed by atoms with Crippen molar-refractivity contribution in [3.8, 4) is 0 Å². The zero-order valence-electron chi connectivity index (χ0n) is 1.54. The van der Waals surface area contributed by atoms with Gasteiger partial charge in [0, 0.05) is 0 Å². The fraction of sp³-hybridized carbons (Fsp3) is 0. The first-order valence-corrected chi connectivity index (χ1v) is 1.39. The van der Waals surface area contributed by atoms with Gasteiger partial charge in [-0.25, -0.2) is 0 Å². The Hall–Kier alpha value is 0.140. The summed E-state index contributed by atoms with van der Waals surface area (Å²) in [4.78, 5) is 0. The van der Waals surface area contributed by atoms with Crippen LogP contribution in [0.4, 0.5) is 11.7 Å². The summed E-state index contributed by atoms with van der Waals surface area (Å²) in [7, 11) is 0. The predicted molar refractivity (Wildman–Crippen MR) is 10.7 cm³/mol. The maximum Gasteiger partial charge on any atom is 0.661 e. The van der Waals surface area contributed by atoms with Gasteiger partial charge in [0.1, 0.15) is 11.7 Å². The highest BCUT2D eigenvalue weighted by atomic mass is 32.3. The molecule has 0 radical (unpaired) electrons. The molecule has 4 heavy (non-hydrogen) atoms. The van der Waals surface area contributed by atoms with E-state index in [1.54, 1.807) is 0 Å². The summed E-state index contributed by atoms with van der Waals surface area (Å²) >= 11 is -3.86. The van der Waals surface area contributed by atoms with Gasteiger partial charge in [-0.3, -0.25) is 0 Å². The zero-order valence-corrected chi connectivity index (χ0v) is 2.36. The maximum absolute atomic E-state index is 9.69. The lowest BCUT2D eigenvalue weighted by atomic mass is 18.8. The van der Waals surface area contributed by atoms with Crippen molar-refractivity contribution < 1.29 is 11.7 Å². The molecular formula is F3S+. The fourth-order valence-electron chi connectivity index (χ4n) is 0. The van der Waals surface area contributed by atoms with Gasteiger partial charge < -0.3 is 0 Å². The van der Waals surface area contributed by atoms with Crippen LogP contribution in [0.15, 0.2) is 0 Å². The van der Waals surface area contributed by atoms with Gasteiger partial charge in [0.05, 0.1) is 0 Å². The molecule has 0 saturated heterocycles. The van der Waals surface area contributed by atoms with Gasteiger partial charge in [0.25, 0.3) is 0 Å². The van der Waals surface area contributed by atoms with Crippen molar-refractivity contribution in [2.24, 2.45) is 0 Å². The summed E-state index contributed by atoms with van der Waals surface area (Å²) in [5, 5.41) is 0. The van der Waals surface area contributed by atoms with Gasteiger partial charge in [-0.15, -0.1) is 0 Å². The average molecular weight is 89.1 g/mol. The van der Waals surface area contributed by atoms with Gasteiger partial charge in [-0.1, -0.05) is 0 Å². The van der Waals surface area contributed by atoms with E-state index in [2.05, 4.69) is 0 Å². The second kappa shape index (κ2) is 1.46. The lowest BCUT2D eigenvalue weighted by Crippen LogP contribution is -1.54. The number of rotatable bonds is 0. The van der Waals surface area contributed by atoms with Crippen LogP contribution in [0.5, 0.6) is 0 Å². The first-order chi connectivity index (χ1) is 1.73. The van der Waals surface area contributed by atoms with Gasteiger partial charge in [0.2, 0.25) is 0 Å². The molecular weight excluding hydrogens is 89.1 g/mol. The Morgan fingerprint density at radius 2 is 1.00 bits per heavy atom. The van der Waals surface area contributed by atoms with Crippen molar-refractivity contribution in [1.82, 2.24) is 0 Å². The van der Waals surface area contributed by atoms with Crippen LogP contribution in [0.25, 0.3) is 0 Å². The topological polar surface area (TPSA) is 0 Å². The van der Waals surface area contributed by atoms with Crippen LogP contribution in [-0.2, 0) is 12.1 Å². The molecule has 0 amide bonds. The van der Waals surface area contributed by atoms with Crippen molar-refractivity contribution in [2.45, 2.75) is 0 Å². The van der Waals surface area contributed by atoms with E-state index in [9.17, 15) is 11.7 Å². The quantitative estimate of drug-likeness (QED) is 0.392. The third kappa shape index (κ3) is 142. The Kier molecular flexibility index (Phi) is 1.51. The third-order valence-electron chi connectivity index (χ3n) is 0. The van der Waals surface area contributed by atoms with Crippen molar-refractivity contribution in [2.75, 3.05) is 0 Å². The monoisotopic (exact) mass is 89.0 g/mol. The van der Waals surface area contributed by atoms with Crippen molar-refractivity contribution >= 4 is 12.1 Å². The highest BCUT2D eigenvalue weighted by Gasteiger charge is 2.14. The van der Waals surface area contributed by atoms with Crippen LogP contribution >= 0.6 is 0 Å². The smallest absolute Gasteiger partial charge is 0.113 e. The van der Waals surface area contributed by atoms with E-state index in [1.807, 2.05) is 0 Å². The first-order valence-electron chi connectivity index (χ1n) is 0.463. The van der Waals surface area contributed by atoms with Gasteiger partial charge >= 0.3 is 12.1 Å². The molecule has 0 aromatic heterocycles. The summed E-state index contributed by atoms with van der Waals surface area (Å²) in [6.45, 7) is 0. The molecule has 0 fully saturated rings. The van der Waals surface area contributed by atoms with E-state index in [0.29, 0.717) is 0 Å². The summed E-state index contributed by atoms with van der Waals surface area (Å²) in [5.41, 5.74) is 0. The summed E-state index contributed by atoms with van der Waals surface area (Å²) in [6.07, 6.45) is 0. The lowest BCUT2D eigenvalue weighted by Gasteiger charge is -1.37. The molecule has 0 spiro atoms. The van der Waals surface area contributed by atoms with Crippen LogP contribution in [0.2, 0.25) is 0 Å². The van der Waals surface area contributed by atoms with Gasteiger partial charge in [-0.2, -0.15) is 0 Å². The number of halogens is 3. The van der Waals surface area contributed by atoms with Crippen LogP contribution in [0, 0.1) is 0 Å². The largest absolute Gasteiger partial charge is 0.661 e. The molecule has 26 valence electrons. The minimum Gasteiger partial charge on any atom is 0.113 e. The molecule has 0 nitrogen and oxygen atoms in total. The number of hydrogen-bond donors (Lipinski definition) is 0. The first kappa shape index (κ1) is 4.14. The van der Waals surface area contributed by atoms with Crippen molar-refractivity contribution in [3.05, 3.63) is 0 Å². The molecule has 0 heterocycles. The Labute approximate surface area is 24.8 Å². The van der Waals surface area contributed by atoms with Crippen LogP contribution in [-0.4, -0.2) is 0 Å². The summed E-state index contributed by atoms with van der Waals surface area (Å²) in [5.74, 6) is 0. The molecule has 0 aliphatic carbocycles. The highest BCUT2D eigenvalue weighted by Crippen LogP contribution is 1.95. The number of hydrogen-bond acceptors (Lipinski definition) is 0. The third-order valence-corrected chi connectivity index (χ3v) is 0. The molecule has 0 aromatic carbocycles. The summed E-state index contributed by atoms with van der Waals surface area (Å²) < 4.78 is 29.1. The minimum absolute atomic E-state index is 3.86. The molecule has 0 bridgehead atoms. The molecule has 0 N–H and O–H groups in total. The Morgan fingerprint density at radius 3 is 1.00 bits per heavy atom. The Balaban J connectivity index is 2.32. The van der Waals surface area contributed by atoms with Crippen LogP contribution < -0.4 is 0 Å². The van der Waals surface area contributed by atoms with Crippen LogP contribution in [0.1, 0.15) is 0 Å². The second-order valence-corrected chi connectivity index (χ2v) is 0.525. The van der Waals surface area contributed by atoms with E-state index in [1.165, 1.54) is 0 Å². The van der Waals surface area contributed by atoms with E-state index in [0.717, 1.165) is 0 Å². The van der Waals surface area contributed by atoms with Crippen molar-refractivity contribution in [3.63, 3.8) is 0 Å². The Bertz CT molecular complexity index is 8.00. The lowest BCUT2D eigenvalue weighted by molar-refractivity contribution is 0.662. The molecule has 0 aliphatic rings. The molecule has 0 atom stereocenters. The second-order valence-electron chi connectivity index (χ2n) is 0.175.